The van der Waals surface area contributed by atoms with Gasteiger partial charge in [0, 0.05) is 10.8 Å². The van der Waals surface area contributed by atoms with E-state index in [1.165, 1.54) is 4.88 Å². The number of nitrogens with zero attached hydrogens (tertiary/aromatic N) is 1. The monoisotopic (exact) mass is 321 g/mol. The second kappa shape index (κ2) is 6.54. The van der Waals surface area contributed by atoms with Gasteiger partial charge in [0.2, 0.25) is 5.91 Å². The van der Waals surface area contributed by atoms with Gasteiger partial charge in [-0.05, 0) is 43.0 Å². The van der Waals surface area contributed by atoms with Crippen LogP contribution >= 0.6 is 23.6 Å². The molecule has 0 radical (unpaired) electrons. The average Bonchev–Trinajstić information content (AvgIpc) is 2.74. The van der Waals surface area contributed by atoms with Crippen LogP contribution in [0.15, 0.2) is 0 Å². The van der Waals surface area contributed by atoms with Crippen molar-refractivity contribution in [3.63, 3.8) is 0 Å². The zero-order valence-corrected chi connectivity index (χ0v) is 14.1. The van der Waals surface area contributed by atoms with Gasteiger partial charge in [-0.15, -0.1) is 11.3 Å². The Morgan fingerprint density at radius 2 is 2.24 bits per heavy atom. The molecular formula is C15H19N3OS2. The summed E-state index contributed by atoms with van der Waals surface area (Å²) < 4.78 is 0. The van der Waals surface area contributed by atoms with E-state index in [2.05, 4.69) is 23.6 Å². The molecule has 0 unspecified atom stereocenters. The molecule has 0 aromatic carbocycles. The second-order valence-electron chi connectivity index (χ2n) is 5.77. The Morgan fingerprint density at radius 1 is 1.52 bits per heavy atom. The molecule has 2 rings (SSSR count). The van der Waals surface area contributed by atoms with Gasteiger partial charge < -0.3 is 10.6 Å². The van der Waals surface area contributed by atoms with Gasteiger partial charge in [0.25, 0.3) is 0 Å². The van der Waals surface area contributed by atoms with Crippen molar-refractivity contribution in [2.45, 2.75) is 40.0 Å². The first-order valence-electron chi connectivity index (χ1n) is 7.08. The highest BCUT2D eigenvalue weighted by Gasteiger charge is 2.24. The van der Waals surface area contributed by atoms with Crippen molar-refractivity contribution >= 4 is 39.6 Å². The number of hydrogen-bond acceptors (Lipinski definition) is 4. The zero-order chi connectivity index (χ0) is 15.6. The van der Waals surface area contributed by atoms with E-state index in [4.69, 9.17) is 12.2 Å². The highest BCUT2D eigenvalue weighted by atomic mass is 32.1. The molecule has 1 aromatic rings. The quantitative estimate of drug-likeness (QED) is 0.821. The van der Waals surface area contributed by atoms with Crippen molar-refractivity contribution < 1.29 is 4.79 Å². The second-order valence-corrected chi connectivity index (χ2v) is 7.28. The van der Waals surface area contributed by atoms with E-state index in [1.807, 2.05) is 13.8 Å². The lowest BCUT2D eigenvalue weighted by atomic mass is 9.89. The van der Waals surface area contributed by atoms with Crippen LogP contribution in [0.3, 0.4) is 0 Å². The Bertz CT molecular complexity index is 613. The maximum atomic E-state index is 11.6. The number of hydrogen-bond donors (Lipinski definition) is 2. The summed E-state index contributed by atoms with van der Waals surface area (Å²) in [4.78, 5) is 12.9. The van der Waals surface area contributed by atoms with E-state index >= 15 is 0 Å². The molecule has 1 heterocycles. The summed E-state index contributed by atoms with van der Waals surface area (Å²) in [7, 11) is 0. The van der Waals surface area contributed by atoms with Crippen molar-refractivity contribution in [3.05, 3.63) is 16.0 Å². The Hall–Kier alpha value is -1.45. The van der Waals surface area contributed by atoms with Gasteiger partial charge in [0.05, 0.1) is 5.56 Å². The molecule has 6 heteroatoms. The number of anilines is 1. The first-order valence-corrected chi connectivity index (χ1v) is 8.31. The zero-order valence-electron chi connectivity index (χ0n) is 12.4. The fraction of sp³-hybridized carbons (Fsp3) is 0.533. The van der Waals surface area contributed by atoms with Crippen molar-refractivity contribution in [1.82, 2.24) is 5.32 Å². The number of thiophene rings is 1. The number of fused-ring (bicyclic) bond motifs is 1. The first kappa shape index (κ1) is 15.9. The summed E-state index contributed by atoms with van der Waals surface area (Å²) in [5.41, 5.74) is 1.84. The maximum Gasteiger partial charge on any atom is 0.228 e. The summed E-state index contributed by atoms with van der Waals surface area (Å²) in [6.45, 7) is 5.85. The highest BCUT2D eigenvalue weighted by molar-refractivity contribution is 7.80. The van der Waals surface area contributed by atoms with E-state index in [1.54, 1.807) is 11.3 Å². The minimum Gasteiger partial charge on any atom is -0.323 e. The number of carbonyl (C=O) groups excluding carboxylic acids is 1. The summed E-state index contributed by atoms with van der Waals surface area (Å²) in [5.74, 6) is 0.404. The van der Waals surface area contributed by atoms with Crippen LogP contribution < -0.4 is 10.6 Å². The fourth-order valence-corrected chi connectivity index (χ4v) is 3.98. The van der Waals surface area contributed by atoms with Crippen molar-refractivity contribution in [2.75, 3.05) is 5.32 Å². The molecule has 1 aliphatic carbocycles. The molecule has 0 saturated carbocycles. The third-order valence-electron chi connectivity index (χ3n) is 3.61. The average molecular weight is 321 g/mol. The van der Waals surface area contributed by atoms with Crippen LogP contribution in [0.2, 0.25) is 0 Å². The molecule has 21 heavy (non-hydrogen) atoms. The number of amides is 1. The molecule has 0 saturated heterocycles. The van der Waals surface area contributed by atoms with Crippen LogP contribution in [-0.2, 0) is 17.6 Å². The van der Waals surface area contributed by atoms with Gasteiger partial charge in [-0.1, -0.05) is 20.8 Å². The van der Waals surface area contributed by atoms with Crippen molar-refractivity contribution in [2.24, 2.45) is 11.8 Å². The predicted molar refractivity (Wildman–Crippen MR) is 89.4 cm³/mol. The lowest BCUT2D eigenvalue weighted by molar-refractivity contribution is -0.122. The maximum absolute atomic E-state index is 11.6. The molecule has 0 bridgehead atoms. The minimum absolute atomic E-state index is 0.124. The van der Waals surface area contributed by atoms with Crippen LogP contribution in [0, 0.1) is 23.2 Å². The smallest absolute Gasteiger partial charge is 0.228 e. The third kappa shape index (κ3) is 3.60. The first-order chi connectivity index (χ1) is 9.92. The number of nitrogens with one attached hydrogen (secondary N) is 2. The van der Waals surface area contributed by atoms with Gasteiger partial charge in [-0.2, -0.15) is 5.26 Å². The van der Waals surface area contributed by atoms with Gasteiger partial charge in [0.1, 0.15) is 11.1 Å². The summed E-state index contributed by atoms with van der Waals surface area (Å²) in [5, 5.41) is 16.1. The molecule has 2 N–H and O–H groups in total. The molecule has 1 amide bonds. The van der Waals surface area contributed by atoms with Gasteiger partial charge >= 0.3 is 0 Å². The Kier molecular flexibility index (Phi) is 4.96. The fourth-order valence-electron chi connectivity index (χ4n) is 2.35. The van der Waals surface area contributed by atoms with E-state index in [9.17, 15) is 10.1 Å². The predicted octanol–water partition coefficient (Wildman–Crippen LogP) is 3.21. The van der Waals surface area contributed by atoms with E-state index in [-0.39, 0.29) is 16.9 Å². The lowest BCUT2D eigenvalue weighted by Crippen LogP contribution is -2.36. The number of nitriles is 1. The van der Waals surface area contributed by atoms with Crippen LogP contribution in [0.25, 0.3) is 0 Å². The van der Waals surface area contributed by atoms with Crippen LogP contribution in [0.5, 0.6) is 0 Å². The van der Waals surface area contributed by atoms with Crippen LogP contribution in [0.4, 0.5) is 5.00 Å². The molecule has 4 nitrogen and oxygen atoms in total. The lowest BCUT2D eigenvalue weighted by Gasteiger charge is -2.17. The molecular weight excluding hydrogens is 302 g/mol. The SMILES string of the molecule is CC(C)C(=O)NC(=S)Nc1sc2c(c1C#N)CC[C@@H](C)C2. The summed E-state index contributed by atoms with van der Waals surface area (Å²) >= 11 is 6.74. The van der Waals surface area contributed by atoms with Crippen molar-refractivity contribution in [3.8, 4) is 6.07 Å². The van der Waals surface area contributed by atoms with E-state index in [0.29, 0.717) is 11.5 Å². The number of carbonyl (C=O) groups is 1. The molecule has 1 aliphatic rings. The standard InChI is InChI=1S/C15H19N3OS2/c1-8(2)13(19)17-15(20)18-14-11(7-16)10-5-4-9(3)6-12(10)21-14/h8-9H,4-6H2,1-3H3,(H2,17,18,19,20)/t9-/m1/s1. The number of rotatable bonds is 2. The largest absolute Gasteiger partial charge is 0.323 e. The van der Waals surface area contributed by atoms with Crippen LogP contribution in [0.1, 0.15) is 43.2 Å². The molecule has 0 fully saturated rings. The molecule has 1 aromatic heterocycles. The molecule has 1 atom stereocenters. The topological polar surface area (TPSA) is 64.9 Å². The molecule has 112 valence electrons. The summed E-state index contributed by atoms with van der Waals surface area (Å²) in [6, 6.07) is 2.28. The number of thiocarbonyl (C=S) groups is 1. The molecule has 0 aliphatic heterocycles. The summed E-state index contributed by atoms with van der Waals surface area (Å²) in [6.07, 6.45) is 3.08. The Morgan fingerprint density at radius 3 is 2.86 bits per heavy atom. The highest BCUT2D eigenvalue weighted by Crippen LogP contribution is 2.39. The minimum atomic E-state index is -0.127. The Labute approximate surface area is 134 Å². The Balaban J connectivity index is 2.16. The van der Waals surface area contributed by atoms with E-state index in [0.717, 1.165) is 29.8 Å². The molecule has 0 spiro atoms. The van der Waals surface area contributed by atoms with E-state index < -0.39 is 0 Å². The van der Waals surface area contributed by atoms with Crippen LogP contribution in [-0.4, -0.2) is 11.0 Å². The normalized spacial score (nSPS) is 17.0. The third-order valence-corrected chi connectivity index (χ3v) is 4.99. The van der Waals surface area contributed by atoms with Gasteiger partial charge in [-0.3, -0.25) is 4.79 Å². The van der Waals surface area contributed by atoms with Gasteiger partial charge in [0.15, 0.2) is 5.11 Å². The van der Waals surface area contributed by atoms with Crippen molar-refractivity contribution in [1.29, 1.82) is 5.26 Å². The van der Waals surface area contributed by atoms with Gasteiger partial charge in [-0.25, -0.2) is 0 Å².